The second kappa shape index (κ2) is 5.58. The summed E-state index contributed by atoms with van der Waals surface area (Å²) in [6.45, 7) is 0.193. The maximum Gasteiger partial charge on any atom is 0.266 e. The fraction of sp³-hybridized carbons (Fsp3) is 0.111. The van der Waals surface area contributed by atoms with Crippen molar-refractivity contribution in [2.75, 3.05) is 0 Å². The van der Waals surface area contributed by atoms with Crippen molar-refractivity contribution in [1.82, 2.24) is 10.4 Å². The Balaban J connectivity index is 1.69. The van der Waals surface area contributed by atoms with Crippen LogP contribution in [0.25, 0.3) is 5.70 Å². The van der Waals surface area contributed by atoms with Gasteiger partial charge in [0.25, 0.3) is 11.8 Å². The van der Waals surface area contributed by atoms with Gasteiger partial charge in [0.15, 0.2) is 6.10 Å². The third-order valence-electron chi connectivity index (χ3n) is 4.09. The lowest BCUT2D eigenvalue weighted by atomic mass is 10.0. The summed E-state index contributed by atoms with van der Waals surface area (Å²) in [6, 6.07) is 14.9. The van der Waals surface area contributed by atoms with Crippen LogP contribution in [0.15, 0.2) is 60.2 Å². The van der Waals surface area contributed by atoms with Crippen molar-refractivity contribution in [1.29, 1.82) is 0 Å². The standard InChI is InChI=1S/C18H13FN2O3/c19-13-8-6-12(7-9-13)15-14-16(24-20-15)18(23)21(17(14)22)10-11-4-2-1-3-5-11/h1-9,16,20H,10H2/t16-/m0/s1. The van der Waals surface area contributed by atoms with Crippen molar-refractivity contribution < 1.29 is 18.8 Å². The SMILES string of the molecule is O=C1C2=C(c3ccc(F)cc3)NO[C@@H]2C(=O)N1Cc1ccccc1. The van der Waals surface area contributed by atoms with E-state index in [1.807, 2.05) is 30.3 Å². The Kier molecular flexibility index (Phi) is 3.39. The van der Waals surface area contributed by atoms with Crippen LogP contribution in [0.4, 0.5) is 4.39 Å². The number of nitrogens with zero attached hydrogens (tertiary/aromatic N) is 1. The smallest absolute Gasteiger partial charge is 0.266 e. The summed E-state index contributed by atoms with van der Waals surface area (Å²) in [4.78, 5) is 31.7. The fourth-order valence-corrected chi connectivity index (χ4v) is 2.89. The number of carbonyl (C=O) groups is 2. The summed E-state index contributed by atoms with van der Waals surface area (Å²) in [5.41, 5.74) is 4.76. The van der Waals surface area contributed by atoms with Gasteiger partial charge in [0.05, 0.1) is 17.8 Å². The van der Waals surface area contributed by atoms with Crippen LogP contribution < -0.4 is 5.48 Å². The van der Waals surface area contributed by atoms with Gasteiger partial charge >= 0.3 is 0 Å². The first-order valence-electron chi connectivity index (χ1n) is 7.46. The van der Waals surface area contributed by atoms with Gasteiger partial charge in [0, 0.05) is 5.56 Å². The van der Waals surface area contributed by atoms with Crippen LogP contribution in [0.5, 0.6) is 0 Å². The lowest BCUT2D eigenvalue weighted by Gasteiger charge is -2.15. The van der Waals surface area contributed by atoms with Crippen molar-refractivity contribution >= 4 is 17.5 Å². The molecule has 5 nitrogen and oxygen atoms in total. The topological polar surface area (TPSA) is 58.6 Å². The highest BCUT2D eigenvalue weighted by Gasteiger charge is 2.49. The number of halogens is 1. The van der Waals surface area contributed by atoms with Gasteiger partial charge in [-0.3, -0.25) is 24.8 Å². The van der Waals surface area contributed by atoms with Crippen LogP contribution in [0.2, 0.25) is 0 Å². The van der Waals surface area contributed by atoms with E-state index in [0.29, 0.717) is 11.3 Å². The summed E-state index contributed by atoms with van der Waals surface area (Å²) >= 11 is 0. The number of hydroxylamine groups is 1. The maximum absolute atomic E-state index is 13.1. The van der Waals surface area contributed by atoms with Gasteiger partial charge in [-0.15, -0.1) is 0 Å². The highest BCUT2D eigenvalue weighted by atomic mass is 19.1. The summed E-state index contributed by atoms with van der Waals surface area (Å²) in [5.74, 6) is -1.17. The maximum atomic E-state index is 13.1. The van der Waals surface area contributed by atoms with Crippen LogP contribution >= 0.6 is 0 Å². The summed E-state index contributed by atoms with van der Waals surface area (Å²) in [6.07, 6.45) is -0.957. The number of rotatable bonds is 3. The van der Waals surface area contributed by atoms with Crippen LogP contribution in [-0.2, 0) is 21.0 Å². The molecule has 2 amide bonds. The number of hydrogen-bond acceptors (Lipinski definition) is 4. The molecular formula is C18H13FN2O3. The Morgan fingerprint density at radius 3 is 2.46 bits per heavy atom. The molecule has 2 aliphatic rings. The number of hydrogen-bond donors (Lipinski definition) is 1. The van der Waals surface area contributed by atoms with E-state index in [1.165, 1.54) is 29.2 Å². The van der Waals surface area contributed by atoms with E-state index in [-0.39, 0.29) is 17.9 Å². The Morgan fingerprint density at radius 2 is 1.75 bits per heavy atom. The molecule has 24 heavy (non-hydrogen) atoms. The number of carbonyl (C=O) groups excluding carboxylic acids is 2. The minimum absolute atomic E-state index is 0.193. The quantitative estimate of drug-likeness (QED) is 0.878. The van der Waals surface area contributed by atoms with Gasteiger partial charge in [-0.05, 0) is 29.8 Å². The van der Waals surface area contributed by atoms with E-state index >= 15 is 0 Å². The molecular weight excluding hydrogens is 311 g/mol. The van der Waals surface area contributed by atoms with Gasteiger partial charge in [-0.1, -0.05) is 30.3 Å². The Hall–Kier alpha value is -2.99. The van der Waals surface area contributed by atoms with Crippen molar-refractivity contribution in [3.05, 3.63) is 77.1 Å². The van der Waals surface area contributed by atoms with Crippen LogP contribution in [0, 0.1) is 5.82 Å². The average Bonchev–Trinajstić information content (AvgIpc) is 3.13. The van der Waals surface area contributed by atoms with Gasteiger partial charge in [-0.25, -0.2) is 4.39 Å². The molecule has 2 aliphatic heterocycles. The third-order valence-corrected chi connectivity index (χ3v) is 4.09. The van der Waals surface area contributed by atoms with Crippen LogP contribution in [0.3, 0.4) is 0 Å². The van der Waals surface area contributed by atoms with E-state index in [0.717, 1.165) is 5.56 Å². The zero-order chi connectivity index (χ0) is 16.7. The van der Waals surface area contributed by atoms with Gasteiger partial charge in [0.1, 0.15) is 5.82 Å². The molecule has 0 aliphatic carbocycles. The number of fused-ring (bicyclic) bond motifs is 1. The fourth-order valence-electron chi connectivity index (χ4n) is 2.89. The molecule has 1 N–H and O–H groups in total. The molecule has 2 heterocycles. The molecule has 4 rings (SSSR count). The Bertz CT molecular complexity index is 846. The van der Waals surface area contributed by atoms with Crippen molar-refractivity contribution in [2.24, 2.45) is 0 Å². The third kappa shape index (κ3) is 2.28. The second-order valence-corrected chi connectivity index (χ2v) is 5.61. The van der Waals surface area contributed by atoms with E-state index in [4.69, 9.17) is 4.84 Å². The molecule has 2 aromatic carbocycles. The van der Waals surface area contributed by atoms with Gasteiger partial charge in [0.2, 0.25) is 0 Å². The lowest BCUT2D eigenvalue weighted by Crippen LogP contribution is -2.33. The van der Waals surface area contributed by atoms with E-state index in [1.54, 1.807) is 0 Å². The number of benzene rings is 2. The Morgan fingerprint density at radius 1 is 1.04 bits per heavy atom. The number of amides is 2. The van der Waals surface area contributed by atoms with Crippen molar-refractivity contribution in [3.8, 4) is 0 Å². The molecule has 1 atom stereocenters. The first-order valence-corrected chi connectivity index (χ1v) is 7.46. The Labute approximate surface area is 137 Å². The van der Waals surface area contributed by atoms with Gasteiger partial charge < -0.3 is 0 Å². The average molecular weight is 324 g/mol. The minimum atomic E-state index is -0.957. The van der Waals surface area contributed by atoms with Crippen LogP contribution in [0.1, 0.15) is 11.1 Å². The normalized spacial score (nSPS) is 19.7. The summed E-state index contributed by atoms with van der Waals surface area (Å²) in [7, 11) is 0. The minimum Gasteiger partial charge on any atom is -0.271 e. The van der Waals surface area contributed by atoms with Crippen molar-refractivity contribution in [3.63, 3.8) is 0 Å². The predicted molar refractivity (Wildman–Crippen MR) is 83.3 cm³/mol. The molecule has 0 spiro atoms. The molecule has 2 aromatic rings. The molecule has 120 valence electrons. The molecule has 0 bridgehead atoms. The molecule has 0 radical (unpaired) electrons. The first kappa shape index (κ1) is 14.6. The van der Waals surface area contributed by atoms with E-state index in [2.05, 4.69) is 5.48 Å². The van der Waals surface area contributed by atoms with E-state index < -0.39 is 17.9 Å². The predicted octanol–water partition coefficient (Wildman–Crippen LogP) is 2.01. The van der Waals surface area contributed by atoms with Crippen LogP contribution in [-0.4, -0.2) is 22.8 Å². The lowest BCUT2D eigenvalue weighted by molar-refractivity contribution is -0.144. The molecule has 1 saturated heterocycles. The number of nitrogens with one attached hydrogen (secondary N) is 1. The molecule has 0 unspecified atom stereocenters. The van der Waals surface area contributed by atoms with E-state index in [9.17, 15) is 14.0 Å². The zero-order valence-electron chi connectivity index (χ0n) is 12.5. The first-order chi connectivity index (χ1) is 11.6. The summed E-state index contributed by atoms with van der Waals surface area (Å²) < 4.78 is 13.1. The number of likely N-dealkylation sites (tertiary alicyclic amines) is 1. The molecule has 0 aromatic heterocycles. The van der Waals surface area contributed by atoms with Gasteiger partial charge in [-0.2, -0.15) is 0 Å². The molecule has 0 saturated carbocycles. The zero-order valence-corrected chi connectivity index (χ0v) is 12.5. The monoisotopic (exact) mass is 324 g/mol. The number of imide groups is 1. The second-order valence-electron chi connectivity index (χ2n) is 5.61. The highest BCUT2D eigenvalue weighted by Crippen LogP contribution is 2.34. The molecule has 6 heteroatoms. The highest BCUT2D eigenvalue weighted by molar-refractivity contribution is 6.20. The largest absolute Gasteiger partial charge is 0.271 e. The summed E-state index contributed by atoms with van der Waals surface area (Å²) in [5, 5.41) is 0. The van der Waals surface area contributed by atoms with Crippen molar-refractivity contribution in [2.45, 2.75) is 12.6 Å². The molecule has 1 fully saturated rings.